The van der Waals surface area contributed by atoms with E-state index in [2.05, 4.69) is 4.72 Å². The van der Waals surface area contributed by atoms with Crippen LogP contribution in [0.5, 0.6) is 0 Å². The van der Waals surface area contributed by atoms with Gasteiger partial charge in [0.15, 0.2) is 0 Å². The number of aryl methyl sites for hydroxylation is 1. The highest BCUT2D eigenvalue weighted by molar-refractivity contribution is 7.89. The molecule has 1 aromatic rings. The fourth-order valence-electron chi connectivity index (χ4n) is 1.38. The molecule has 0 saturated heterocycles. The molecular formula is C9H14BNO4S. The van der Waals surface area contributed by atoms with Crippen LogP contribution in [0.25, 0.3) is 0 Å². The van der Waals surface area contributed by atoms with Gasteiger partial charge in [0.25, 0.3) is 0 Å². The molecule has 0 atom stereocenters. The predicted octanol–water partition coefficient (Wildman–Crippen LogP) is -1.03. The van der Waals surface area contributed by atoms with Crippen LogP contribution >= 0.6 is 0 Å². The maximum atomic E-state index is 11.6. The zero-order chi connectivity index (χ0) is 12.3. The molecule has 0 unspecified atom stereocenters. The second-order valence-electron chi connectivity index (χ2n) is 3.39. The second kappa shape index (κ2) is 4.96. The van der Waals surface area contributed by atoms with Gasteiger partial charge < -0.3 is 10.0 Å². The number of hydrogen-bond acceptors (Lipinski definition) is 4. The summed E-state index contributed by atoms with van der Waals surface area (Å²) in [5.41, 5.74) is 0.824. The van der Waals surface area contributed by atoms with Gasteiger partial charge in [0.1, 0.15) is 0 Å². The van der Waals surface area contributed by atoms with Gasteiger partial charge in [-0.2, -0.15) is 0 Å². The molecule has 0 aromatic heterocycles. The average molecular weight is 243 g/mol. The van der Waals surface area contributed by atoms with Crippen molar-refractivity contribution >= 4 is 22.6 Å². The summed E-state index contributed by atoms with van der Waals surface area (Å²) < 4.78 is 25.6. The molecule has 88 valence electrons. The zero-order valence-electron chi connectivity index (χ0n) is 9.14. The van der Waals surface area contributed by atoms with Crippen molar-refractivity contribution in [2.45, 2.75) is 18.7 Å². The first kappa shape index (κ1) is 13.2. The van der Waals surface area contributed by atoms with Gasteiger partial charge in [-0.05, 0) is 24.5 Å². The van der Waals surface area contributed by atoms with Crippen molar-refractivity contribution in [3.05, 3.63) is 23.8 Å². The van der Waals surface area contributed by atoms with Gasteiger partial charge in [0.05, 0.1) is 4.90 Å². The van der Waals surface area contributed by atoms with Gasteiger partial charge in [0.2, 0.25) is 10.0 Å². The largest absolute Gasteiger partial charge is 0.488 e. The van der Waals surface area contributed by atoms with Crippen molar-refractivity contribution in [3.63, 3.8) is 0 Å². The standard InChI is InChI=1S/C9H14BNO4S/c1-3-11-16(14,15)8-4-5-9(10(12)13)7(2)6-8/h4-6,11-13H,3H2,1-2H3. The van der Waals surface area contributed by atoms with Crippen LogP contribution in [0.2, 0.25) is 0 Å². The third kappa shape index (κ3) is 2.82. The topological polar surface area (TPSA) is 86.6 Å². The minimum atomic E-state index is -3.49. The van der Waals surface area contributed by atoms with Gasteiger partial charge in [-0.15, -0.1) is 0 Å². The van der Waals surface area contributed by atoms with Crippen LogP contribution < -0.4 is 10.2 Å². The van der Waals surface area contributed by atoms with E-state index in [-0.39, 0.29) is 4.90 Å². The van der Waals surface area contributed by atoms with Crippen LogP contribution in [0.4, 0.5) is 0 Å². The Kier molecular flexibility index (Phi) is 4.09. The maximum absolute atomic E-state index is 11.6. The Hall–Kier alpha value is -0.885. The molecule has 16 heavy (non-hydrogen) atoms. The normalized spacial score (nSPS) is 11.5. The van der Waals surface area contributed by atoms with E-state index in [4.69, 9.17) is 10.0 Å². The van der Waals surface area contributed by atoms with E-state index >= 15 is 0 Å². The molecule has 0 spiro atoms. The highest BCUT2D eigenvalue weighted by Crippen LogP contribution is 2.09. The Balaban J connectivity index is 3.16. The Morgan fingerprint density at radius 3 is 2.44 bits per heavy atom. The summed E-state index contributed by atoms with van der Waals surface area (Å²) in [6.07, 6.45) is 0. The average Bonchev–Trinajstić information content (AvgIpc) is 2.16. The Labute approximate surface area is 95.3 Å². The molecule has 0 saturated carbocycles. The summed E-state index contributed by atoms with van der Waals surface area (Å²) in [5, 5.41) is 18.0. The molecule has 0 amide bonds. The monoisotopic (exact) mass is 243 g/mol. The SMILES string of the molecule is CCNS(=O)(=O)c1ccc(B(O)O)c(C)c1. The lowest BCUT2D eigenvalue weighted by Crippen LogP contribution is -2.32. The van der Waals surface area contributed by atoms with Crippen LogP contribution in [-0.4, -0.2) is 32.1 Å². The van der Waals surface area contributed by atoms with Crippen molar-refractivity contribution < 1.29 is 18.5 Å². The highest BCUT2D eigenvalue weighted by Gasteiger charge is 2.18. The fraction of sp³-hybridized carbons (Fsp3) is 0.333. The number of sulfonamides is 1. The summed E-state index contributed by atoms with van der Waals surface area (Å²) in [6.45, 7) is 3.63. The molecule has 0 aliphatic heterocycles. The first-order chi connectivity index (χ1) is 7.38. The molecule has 0 aliphatic rings. The van der Waals surface area contributed by atoms with Crippen LogP contribution in [0.3, 0.4) is 0 Å². The second-order valence-corrected chi connectivity index (χ2v) is 5.16. The van der Waals surface area contributed by atoms with E-state index in [9.17, 15) is 8.42 Å². The van der Waals surface area contributed by atoms with Crippen LogP contribution in [0.15, 0.2) is 23.1 Å². The van der Waals surface area contributed by atoms with Gasteiger partial charge in [-0.25, -0.2) is 13.1 Å². The number of rotatable bonds is 4. The summed E-state index contributed by atoms with van der Waals surface area (Å²) in [4.78, 5) is 0.122. The zero-order valence-corrected chi connectivity index (χ0v) is 9.95. The van der Waals surface area contributed by atoms with Crippen molar-refractivity contribution in [2.75, 3.05) is 6.54 Å². The Morgan fingerprint density at radius 2 is 2.00 bits per heavy atom. The molecule has 5 nitrogen and oxygen atoms in total. The van der Waals surface area contributed by atoms with E-state index in [1.807, 2.05) is 0 Å². The molecule has 0 radical (unpaired) electrons. The summed E-state index contributed by atoms with van der Waals surface area (Å²) in [6, 6.07) is 4.15. The lowest BCUT2D eigenvalue weighted by molar-refractivity contribution is 0.425. The predicted molar refractivity (Wildman–Crippen MR) is 61.9 cm³/mol. The van der Waals surface area contributed by atoms with Gasteiger partial charge in [-0.3, -0.25) is 0 Å². The highest BCUT2D eigenvalue weighted by atomic mass is 32.2. The van der Waals surface area contributed by atoms with Crippen molar-refractivity contribution in [3.8, 4) is 0 Å². The Bertz CT molecular complexity index is 472. The minimum Gasteiger partial charge on any atom is -0.423 e. The van der Waals surface area contributed by atoms with Gasteiger partial charge in [0, 0.05) is 6.54 Å². The van der Waals surface area contributed by atoms with Crippen molar-refractivity contribution in [2.24, 2.45) is 0 Å². The first-order valence-electron chi connectivity index (χ1n) is 4.85. The quantitative estimate of drug-likeness (QED) is 0.590. The first-order valence-corrected chi connectivity index (χ1v) is 6.33. The molecule has 1 rings (SSSR count). The molecule has 0 heterocycles. The number of benzene rings is 1. The molecule has 1 aromatic carbocycles. The van der Waals surface area contributed by atoms with E-state index in [0.717, 1.165) is 0 Å². The third-order valence-corrected chi connectivity index (χ3v) is 3.71. The maximum Gasteiger partial charge on any atom is 0.488 e. The summed E-state index contributed by atoms with van der Waals surface area (Å²) in [5.74, 6) is 0. The van der Waals surface area contributed by atoms with Crippen LogP contribution in [0, 0.1) is 6.92 Å². The molecule has 7 heteroatoms. The van der Waals surface area contributed by atoms with Crippen molar-refractivity contribution in [1.82, 2.24) is 4.72 Å². The van der Waals surface area contributed by atoms with Crippen molar-refractivity contribution in [1.29, 1.82) is 0 Å². The molecule has 0 aliphatic carbocycles. The fourth-order valence-corrected chi connectivity index (χ4v) is 2.50. The molecule has 3 N–H and O–H groups in total. The van der Waals surface area contributed by atoms with E-state index in [0.29, 0.717) is 17.6 Å². The van der Waals surface area contributed by atoms with E-state index in [1.54, 1.807) is 13.8 Å². The summed E-state index contributed by atoms with van der Waals surface area (Å²) >= 11 is 0. The third-order valence-electron chi connectivity index (χ3n) is 2.16. The van der Waals surface area contributed by atoms with Gasteiger partial charge >= 0.3 is 7.12 Å². The van der Waals surface area contributed by atoms with Gasteiger partial charge in [-0.1, -0.05) is 18.6 Å². The number of nitrogens with one attached hydrogen (secondary N) is 1. The molecular weight excluding hydrogens is 229 g/mol. The number of hydrogen-bond donors (Lipinski definition) is 3. The van der Waals surface area contributed by atoms with Crippen LogP contribution in [0.1, 0.15) is 12.5 Å². The summed E-state index contributed by atoms with van der Waals surface area (Å²) in [7, 11) is -5.08. The lowest BCUT2D eigenvalue weighted by Gasteiger charge is -2.08. The molecule has 0 bridgehead atoms. The Morgan fingerprint density at radius 1 is 1.38 bits per heavy atom. The van der Waals surface area contributed by atoms with Crippen LogP contribution in [-0.2, 0) is 10.0 Å². The smallest absolute Gasteiger partial charge is 0.423 e. The van der Waals surface area contributed by atoms with E-state index < -0.39 is 17.1 Å². The van der Waals surface area contributed by atoms with E-state index in [1.165, 1.54) is 18.2 Å². The molecule has 0 fully saturated rings. The lowest BCUT2D eigenvalue weighted by atomic mass is 9.77. The minimum absolute atomic E-state index is 0.122.